The SMILES string of the molecule is CCCN(CC(=O)N(CCc1ccc(OC)c(OC)c1)Cc1ccc(C)o1)C(=O)C1CCCC1. The number of rotatable bonds is 12. The molecule has 7 nitrogen and oxygen atoms in total. The highest BCUT2D eigenvalue weighted by molar-refractivity contribution is 5.86. The Labute approximate surface area is 203 Å². The van der Waals surface area contributed by atoms with Crippen molar-refractivity contribution in [1.29, 1.82) is 0 Å². The summed E-state index contributed by atoms with van der Waals surface area (Å²) >= 11 is 0. The van der Waals surface area contributed by atoms with Crippen LogP contribution in [0.3, 0.4) is 0 Å². The van der Waals surface area contributed by atoms with E-state index in [1.54, 1.807) is 24.0 Å². The Balaban J connectivity index is 1.73. The van der Waals surface area contributed by atoms with Crippen molar-refractivity contribution in [2.75, 3.05) is 33.9 Å². The van der Waals surface area contributed by atoms with Crippen molar-refractivity contribution >= 4 is 11.8 Å². The zero-order valence-corrected chi connectivity index (χ0v) is 21.0. The van der Waals surface area contributed by atoms with E-state index in [2.05, 4.69) is 0 Å². The van der Waals surface area contributed by atoms with Crippen molar-refractivity contribution in [1.82, 2.24) is 9.80 Å². The molecule has 0 aliphatic heterocycles. The fourth-order valence-electron chi connectivity index (χ4n) is 4.58. The molecule has 1 saturated carbocycles. The summed E-state index contributed by atoms with van der Waals surface area (Å²) in [7, 11) is 3.22. The van der Waals surface area contributed by atoms with E-state index in [0.29, 0.717) is 37.6 Å². The molecule has 1 fully saturated rings. The van der Waals surface area contributed by atoms with Crippen LogP contribution in [0.1, 0.15) is 56.1 Å². The minimum atomic E-state index is -0.0608. The first-order chi connectivity index (χ1) is 16.4. The fourth-order valence-corrected chi connectivity index (χ4v) is 4.58. The minimum absolute atomic E-state index is 0.0608. The molecule has 186 valence electrons. The Kier molecular flexibility index (Phi) is 9.42. The number of furan rings is 1. The molecule has 1 aliphatic carbocycles. The molecule has 0 bridgehead atoms. The van der Waals surface area contributed by atoms with Gasteiger partial charge in [-0.3, -0.25) is 9.59 Å². The van der Waals surface area contributed by atoms with Crippen LogP contribution in [0.25, 0.3) is 0 Å². The van der Waals surface area contributed by atoms with Crippen LogP contribution in [0, 0.1) is 12.8 Å². The van der Waals surface area contributed by atoms with E-state index in [9.17, 15) is 9.59 Å². The molecule has 1 aliphatic rings. The molecule has 0 radical (unpaired) electrons. The number of methoxy groups -OCH3 is 2. The average molecular weight is 471 g/mol. The number of aryl methyl sites for hydroxylation is 1. The molecule has 7 heteroatoms. The van der Waals surface area contributed by atoms with Crippen molar-refractivity contribution < 1.29 is 23.5 Å². The van der Waals surface area contributed by atoms with Crippen LogP contribution in [0.5, 0.6) is 11.5 Å². The highest BCUT2D eigenvalue weighted by atomic mass is 16.5. The van der Waals surface area contributed by atoms with Crippen LogP contribution in [-0.2, 0) is 22.6 Å². The third-order valence-corrected chi connectivity index (χ3v) is 6.45. The van der Waals surface area contributed by atoms with Crippen LogP contribution < -0.4 is 9.47 Å². The second-order valence-corrected chi connectivity index (χ2v) is 9.01. The molecule has 0 spiro atoms. The van der Waals surface area contributed by atoms with Gasteiger partial charge < -0.3 is 23.7 Å². The summed E-state index contributed by atoms with van der Waals surface area (Å²) in [6.45, 7) is 5.52. The van der Waals surface area contributed by atoms with Crippen LogP contribution >= 0.6 is 0 Å². The zero-order chi connectivity index (χ0) is 24.5. The van der Waals surface area contributed by atoms with Gasteiger partial charge in [0.25, 0.3) is 0 Å². The number of carbonyl (C=O) groups is 2. The first-order valence-corrected chi connectivity index (χ1v) is 12.3. The molecule has 0 atom stereocenters. The Bertz CT molecular complexity index is 948. The predicted octanol–water partition coefficient (Wildman–Crippen LogP) is 4.61. The van der Waals surface area contributed by atoms with E-state index >= 15 is 0 Å². The topological polar surface area (TPSA) is 72.2 Å². The second-order valence-electron chi connectivity index (χ2n) is 9.01. The molecule has 1 aromatic heterocycles. The summed E-state index contributed by atoms with van der Waals surface area (Å²) in [5, 5.41) is 0. The summed E-state index contributed by atoms with van der Waals surface area (Å²) in [5.41, 5.74) is 1.04. The van der Waals surface area contributed by atoms with Gasteiger partial charge in [0, 0.05) is 19.0 Å². The van der Waals surface area contributed by atoms with Gasteiger partial charge in [0.2, 0.25) is 11.8 Å². The molecule has 0 unspecified atom stereocenters. The Morgan fingerprint density at radius 2 is 1.74 bits per heavy atom. The maximum absolute atomic E-state index is 13.4. The van der Waals surface area contributed by atoms with E-state index in [1.807, 2.05) is 44.2 Å². The van der Waals surface area contributed by atoms with E-state index < -0.39 is 0 Å². The van der Waals surface area contributed by atoms with Crippen molar-refractivity contribution in [3.63, 3.8) is 0 Å². The summed E-state index contributed by atoms with van der Waals surface area (Å²) in [4.78, 5) is 30.1. The van der Waals surface area contributed by atoms with Crippen LogP contribution in [0.4, 0.5) is 0 Å². The summed E-state index contributed by atoms with van der Waals surface area (Å²) in [5.74, 6) is 3.01. The Hall–Kier alpha value is -2.96. The standard InChI is InChI=1S/C27H38N2O5/c1-5-15-29(27(31)22-8-6-7-9-22)19-26(30)28(18-23-12-10-20(2)34-23)16-14-21-11-13-24(32-3)25(17-21)33-4/h10-13,17,22H,5-9,14-16,18-19H2,1-4H3. The molecule has 0 N–H and O–H groups in total. The predicted molar refractivity (Wildman–Crippen MR) is 131 cm³/mol. The largest absolute Gasteiger partial charge is 0.493 e. The van der Waals surface area contributed by atoms with Gasteiger partial charge in [0.15, 0.2) is 11.5 Å². The van der Waals surface area contributed by atoms with Gasteiger partial charge in [-0.1, -0.05) is 25.8 Å². The van der Waals surface area contributed by atoms with E-state index in [1.165, 1.54) is 0 Å². The lowest BCUT2D eigenvalue weighted by Crippen LogP contribution is -2.45. The third kappa shape index (κ3) is 6.78. The fraction of sp³-hybridized carbons (Fsp3) is 0.556. The Morgan fingerprint density at radius 1 is 1.00 bits per heavy atom. The molecular weight excluding hydrogens is 432 g/mol. The number of carbonyl (C=O) groups excluding carboxylic acids is 2. The Morgan fingerprint density at radius 3 is 2.35 bits per heavy atom. The van der Waals surface area contributed by atoms with Gasteiger partial charge in [0.1, 0.15) is 11.5 Å². The number of nitrogens with zero attached hydrogens (tertiary/aromatic N) is 2. The molecule has 3 rings (SSSR count). The first-order valence-electron chi connectivity index (χ1n) is 12.3. The number of ether oxygens (including phenoxy) is 2. The third-order valence-electron chi connectivity index (χ3n) is 6.45. The second kappa shape index (κ2) is 12.5. The van der Waals surface area contributed by atoms with Crippen molar-refractivity contribution in [3.8, 4) is 11.5 Å². The molecule has 34 heavy (non-hydrogen) atoms. The lowest BCUT2D eigenvalue weighted by molar-refractivity contribution is -0.143. The molecule has 1 aromatic carbocycles. The van der Waals surface area contributed by atoms with Crippen molar-refractivity contribution in [2.45, 2.75) is 58.9 Å². The molecule has 0 saturated heterocycles. The van der Waals surface area contributed by atoms with Crippen molar-refractivity contribution in [3.05, 3.63) is 47.4 Å². The lowest BCUT2D eigenvalue weighted by atomic mass is 10.1. The summed E-state index contributed by atoms with van der Waals surface area (Å²) < 4.78 is 16.5. The molecular formula is C27H38N2O5. The first kappa shape index (κ1) is 25.7. The van der Waals surface area contributed by atoms with Gasteiger partial charge in [-0.05, 0) is 62.4 Å². The summed E-state index contributed by atoms with van der Waals surface area (Å²) in [6.07, 6.45) is 5.54. The number of hydrogen-bond donors (Lipinski definition) is 0. The van der Waals surface area contributed by atoms with Gasteiger partial charge >= 0.3 is 0 Å². The molecule has 2 aromatic rings. The van der Waals surface area contributed by atoms with E-state index in [4.69, 9.17) is 13.9 Å². The number of amides is 2. The monoisotopic (exact) mass is 470 g/mol. The van der Waals surface area contributed by atoms with Gasteiger partial charge in [-0.15, -0.1) is 0 Å². The number of benzene rings is 1. The summed E-state index contributed by atoms with van der Waals surface area (Å²) in [6, 6.07) is 9.60. The number of hydrogen-bond acceptors (Lipinski definition) is 5. The maximum atomic E-state index is 13.4. The van der Waals surface area contributed by atoms with Gasteiger partial charge in [-0.25, -0.2) is 0 Å². The van der Waals surface area contributed by atoms with E-state index in [-0.39, 0.29) is 24.3 Å². The molecule has 2 amide bonds. The average Bonchev–Trinajstić information content (AvgIpc) is 3.52. The van der Waals surface area contributed by atoms with Crippen LogP contribution in [-0.4, -0.2) is 55.5 Å². The smallest absolute Gasteiger partial charge is 0.242 e. The normalized spacial score (nSPS) is 13.6. The quantitative estimate of drug-likeness (QED) is 0.453. The van der Waals surface area contributed by atoms with Crippen LogP contribution in [0.15, 0.2) is 34.7 Å². The zero-order valence-electron chi connectivity index (χ0n) is 21.0. The lowest BCUT2D eigenvalue weighted by Gasteiger charge is -2.29. The minimum Gasteiger partial charge on any atom is -0.493 e. The maximum Gasteiger partial charge on any atom is 0.242 e. The molecule has 1 heterocycles. The van der Waals surface area contributed by atoms with Gasteiger partial charge in [-0.2, -0.15) is 0 Å². The highest BCUT2D eigenvalue weighted by Gasteiger charge is 2.29. The highest BCUT2D eigenvalue weighted by Crippen LogP contribution is 2.28. The van der Waals surface area contributed by atoms with Gasteiger partial charge in [0.05, 0.1) is 27.3 Å². The van der Waals surface area contributed by atoms with Crippen molar-refractivity contribution in [2.24, 2.45) is 5.92 Å². The van der Waals surface area contributed by atoms with Crippen LogP contribution in [0.2, 0.25) is 0 Å². The van der Waals surface area contributed by atoms with E-state index in [0.717, 1.165) is 49.2 Å².